The fourth-order valence-electron chi connectivity index (χ4n) is 5.82. The SMILES string of the molecule is CC(=O)c1ccc(O)c(O)c1.CC(=O)c1ccc(OCCCC(F)(F)C(F)(F)C(F)(F)C(F)(F)C(F)(F)C(F)(F)F)c(OCCCC(F)(F)C(F)(F)C(F)(F)C(F)(F)C(F)(F)C(F)(F)F)c1.FC(F)(F)C(F)(F)C(F)(F)C(F)(F)C(F)(F)C(F)(F)CCCI. The zero-order valence-corrected chi connectivity index (χ0v) is 44.6. The Labute approximate surface area is 482 Å². The molecule has 2 rings (SSSR count). The first-order chi connectivity index (χ1) is 38.9. The lowest BCUT2D eigenvalue weighted by molar-refractivity contribution is -0.440. The number of alkyl halides is 40. The van der Waals surface area contributed by atoms with Gasteiger partial charge in [0.1, 0.15) is 0 Å². The number of carbonyl (C=O) groups is 2. The topological polar surface area (TPSA) is 93.1 Å². The summed E-state index contributed by atoms with van der Waals surface area (Å²) in [5, 5.41) is 17.8. The Bertz CT molecular complexity index is 2700. The van der Waals surface area contributed by atoms with Crippen molar-refractivity contribution >= 4 is 34.2 Å². The molecule has 46 heteroatoms. The first-order valence-corrected chi connectivity index (χ1v) is 23.8. The smallest absolute Gasteiger partial charge is 0.460 e. The van der Waals surface area contributed by atoms with Crippen molar-refractivity contribution in [3.8, 4) is 23.0 Å². The van der Waals surface area contributed by atoms with Gasteiger partial charge in [0.2, 0.25) is 0 Å². The van der Waals surface area contributed by atoms with Crippen LogP contribution in [-0.4, -0.2) is 147 Å². The van der Waals surface area contributed by atoms with E-state index in [1.807, 2.05) is 0 Å². The van der Waals surface area contributed by atoms with Gasteiger partial charge >= 0.3 is 107 Å². The summed E-state index contributed by atoms with van der Waals surface area (Å²) in [5.41, 5.74) is -0.0861. The Morgan fingerprint density at radius 2 is 0.584 bits per heavy atom. The quantitative estimate of drug-likeness (QED) is 0.0231. The monoisotopic (exact) mass is 1510 g/mol. The number of phenolic OH excluding ortho intramolecular Hbond substituents is 2. The number of rotatable bonds is 27. The summed E-state index contributed by atoms with van der Waals surface area (Å²) in [7, 11) is 0. The third kappa shape index (κ3) is 15.9. The van der Waals surface area contributed by atoms with Crippen LogP contribution < -0.4 is 9.47 Å². The summed E-state index contributed by atoms with van der Waals surface area (Å²) in [6.45, 7) is -0.809. The third-order valence-electron chi connectivity index (χ3n) is 11.1. The van der Waals surface area contributed by atoms with Gasteiger partial charge in [-0.2, -0.15) is 171 Å². The van der Waals surface area contributed by atoms with Crippen LogP contribution in [0.25, 0.3) is 0 Å². The van der Waals surface area contributed by atoms with Crippen LogP contribution >= 0.6 is 22.6 Å². The van der Waals surface area contributed by atoms with E-state index in [0.717, 1.165) is 13.0 Å². The second-order valence-corrected chi connectivity index (χ2v) is 18.8. The molecule has 0 aromatic heterocycles. The minimum absolute atomic E-state index is 0.139. The average Bonchev–Trinajstić information content (AvgIpc) is 0.739. The average molecular weight is 1510 g/mol. The maximum Gasteiger partial charge on any atom is 0.460 e. The predicted octanol–water partition coefficient (Wildman–Crippen LogP) is 18.9. The fourth-order valence-corrected chi connectivity index (χ4v) is 6.20. The highest BCUT2D eigenvalue weighted by molar-refractivity contribution is 14.1. The number of Topliss-reactive ketones (excluding diaryl/α,β-unsaturated/α-hetero) is 2. The molecule has 6 nitrogen and oxygen atoms in total. The molecule has 0 heterocycles. The second-order valence-electron chi connectivity index (χ2n) is 17.7. The minimum Gasteiger partial charge on any atom is -0.504 e. The number of hydrogen-bond donors (Lipinski definition) is 2. The Kier molecular flexibility index (Phi) is 25.4. The van der Waals surface area contributed by atoms with E-state index in [1.165, 1.54) is 47.7 Å². The maximum absolute atomic E-state index is 14.0. The first-order valence-electron chi connectivity index (χ1n) is 22.3. The van der Waals surface area contributed by atoms with Gasteiger partial charge in [-0.25, -0.2) is 0 Å². The summed E-state index contributed by atoms with van der Waals surface area (Å²) in [6.07, 6.45) is -34.7. The Hall–Kier alpha value is -5.02. The molecule has 0 aliphatic heterocycles. The molecular weight excluding hydrogens is 1480 g/mol. The molecular formula is C43H32F39IO6. The summed E-state index contributed by atoms with van der Waals surface area (Å²) >= 11 is 1.33. The summed E-state index contributed by atoms with van der Waals surface area (Å²) < 4.78 is 517. The van der Waals surface area contributed by atoms with Crippen molar-refractivity contribution in [3.63, 3.8) is 0 Å². The number of ketones is 2. The van der Waals surface area contributed by atoms with Crippen LogP contribution in [0.3, 0.4) is 0 Å². The van der Waals surface area contributed by atoms with E-state index in [0.29, 0.717) is 17.7 Å². The highest BCUT2D eigenvalue weighted by atomic mass is 127. The number of phenols is 2. The van der Waals surface area contributed by atoms with Gasteiger partial charge in [0.15, 0.2) is 34.6 Å². The van der Waals surface area contributed by atoms with Crippen LogP contribution in [-0.2, 0) is 0 Å². The number of halogens is 40. The van der Waals surface area contributed by atoms with Gasteiger partial charge < -0.3 is 19.7 Å². The molecule has 0 radical (unpaired) electrons. The van der Waals surface area contributed by atoms with Crippen molar-refractivity contribution in [2.45, 2.75) is 160 Å². The Balaban J connectivity index is 0.00000184. The van der Waals surface area contributed by atoms with Crippen LogP contribution in [0.5, 0.6) is 23.0 Å². The van der Waals surface area contributed by atoms with E-state index in [2.05, 4.69) is 0 Å². The van der Waals surface area contributed by atoms with Crippen LogP contribution in [0.15, 0.2) is 36.4 Å². The van der Waals surface area contributed by atoms with E-state index >= 15 is 0 Å². The van der Waals surface area contributed by atoms with Crippen molar-refractivity contribution in [3.05, 3.63) is 47.5 Å². The van der Waals surface area contributed by atoms with Gasteiger partial charge in [-0.15, -0.1) is 0 Å². The molecule has 2 aromatic rings. The third-order valence-corrected chi connectivity index (χ3v) is 11.9. The van der Waals surface area contributed by atoms with Crippen molar-refractivity contribution in [2.24, 2.45) is 0 Å². The molecule has 0 unspecified atom stereocenters. The second kappa shape index (κ2) is 26.9. The van der Waals surface area contributed by atoms with Crippen LogP contribution in [0.1, 0.15) is 73.1 Å². The van der Waals surface area contributed by atoms with Crippen molar-refractivity contribution in [2.75, 3.05) is 17.6 Å². The lowest BCUT2D eigenvalue weighted by Crippen LogP contribution is -2.70. The van der Waals surface area contributed by atoms with Gasteiger partial charge in [0.25, 0.3) is 0 Å². The molecule has 89 heavy (non-hydrogen) atoms. The number of aromatic hydroxyl groups is 2. The fraction of sp³-hybridized carbons (Fsp3) is 0.674. The molecule has 0 aliphatic rings. The highest BCUT2D eigenvalue weighted by Gasteiger charge is 2.93. The molecule has 0 spiro atoms. The van der Waals surface area contributed by atoms with Crippen molar-refractivity contribution < 1.29 is 201 Å². The number of carbonyl (C=O) groups excluding carboxylic acids is 2. The van der Waals surface area contributed by atoms with E-state index in [1.54, 1.807) is 0 Å². The molecule has 0 amide bonds. The lowest BCUT2D eigenvalue weighted by Gasteiger charge is -2.39. The minimum atomic E-state index is -8.19. The molecule has 2 aromatic carbocycles. The van der Waals surface area contributed by atoms with Crippen molar-refractivity contribution in [1.82, 2.24) is 0 Å². The first kappa shape index (κ1) is 84.0. The van der Waals surface area contributed by atoms with Gasteiger partial charge in [-0.1, -0.05) is 22.6 Å². The van der Waals surface area contributed by atoms with E-state index in [4.69, 9.17) is 19.7 Å². The molecule has 0 fully saturated rings. The Morgan fingerprint density at radius 1 is 0.337 bits per heavy atom. The van der Waals surface area contributed by atoms with Gasteiger partial charge in [0.05, 0.1) is 13.2 Å². The highest BCUT2D eigenvalue weighted by Crippen LogP contribution is 2.64. The summed E-state index contributed by atoms with van der Waals surface area (Å²) in [5.74, 6) is -117. The zero-order chi connectivity index (χ0) is 71.6. The van der Waals surface area contributed by atoms with Crippen LogP contribution in [0.4, 0.5) is 171 Å². The molecule has 0 aliphatic carbocycles. The van der Waals surface area contributed by atoms with E-state index in [9.17, 15) is 181 Å². The largest absolute Gasteiger partial charge is 0.504 e. The lowest BCUT2D eigenvalue weighted by atomic mass is 9.92. The Morgan fingerprint density at radius 3 is 0.843 bits per heavy atom. The summed E-state index contributed by atoms with van der Waals surface area (Å²) in [6, 6.07) is 5.80. The molecule has 0 saturated heterocycles. The van der Waals surface area contributed by atoms with Gasteiger partial charge in [0, 0.05) is 30.4 Å². The number of benzene rings is 2. The van der Waals surface area contributed by atoms with Crippen LogP contribution in [0.2, 0.25) is 0 Å². The molecule has 0 saturated carbocycles. The maximum atomic E-state index is 14.0. The standard InChI is InChI=1S/C26H18F26O3.C9H6F13I.C8H8O3/c1-11(53)12-4-5-13(54-8-2-6-15(27,28)17(31,32)19(35,36)21(39,40)23(43,44)25(47,48)49)14(10-12)55-9-3-7-16(29,30)18(33,34)20(37,38)22(41,42)24(45,46)26(50,51)52;10-4(11,2-1-3-23)5(12,13)6(14,15)7(16,17)8(18,19)9(20,21)22;1-5(9)6-2-3-7(10)8(11)4-6/h4-5,10H,2-3,6-9H2,1H3;1-3H2;2-4,10-11H,1H3. The molecule has 0 atom stereocenters. The van der Waals surface area contributed by atoms with E-state index < -0.39 is 182 Å². The van der Waals surface area contributed by atoms with E-state index in [-0.39, 0.29) is 21.7 Å². The van der Waals surface area contributed by atoms with Gasteiger partial charge in [-0.05, 0) is 73.9 Å². The van der Waals surface area contributed by atoms with Gasteiger partial charge in [-0.3, -0.25) is 9.59 Å². The molecule has 2 N–H and O–H groups in total. The normalized spacial score (nSPS) is 14.8. The molecule has 0 bridgehead atoms. The number of ether oxygens (including phenoxy) is 2. The van der Waals surface area contributed by atoms with Crippen molar-refractivity contribution in [1.29, 1.82) is 0 Å². The predicted molar refractivity (Wildman–Crippen MR) is 226 cm³/mol. The number of hydrogen-bond acceptors (Lipinski definition) is 6. The zero-order valence-electron chi connectivity index (χ0n) is 42.5. The molecule has 520 valence electrons. The summed E-state index contributed by atoms with van der Waals surface area (Å²) in [4.78, 5) is 22.3. The van der Waals surface area contributed by atoms with Crippen LogP contribution in [0, 0.1) is 0 Å².